The standard InChI is InChI=1S/C15H10BrClN2O2/c16-10-3-1-2-9(6-10)12-7-13(20)15(21)19(12)14-5-4-11(17)8-18-14/h1-6,8,12H,7H2/t12-/m0/s1. The second kappa shape index (κ2) is 5.58. The van der Waals surface area contributed by atoms with E-state index in [-0.39, 0.29) is 12.5 Å². The number of anilines is 1. The average molecular weight is 366 g/mol. The van der Waals surface area contributed by atoms with E-state index in [2.05, 4.69) is 20.9 Å². The number of carbonyl (C=O) groups is 2. The summed E-state index contributed by atoms with van der Waals surface area (Å²) >= 11 is 9.22. The summed E-state index contributed by atoms with van der Waals surface area (Å²) in [7, 11) is 0. The van der Waals surface area contributed by atoms with Crippen molar-refractivity contribution in [2.24, 2.45) is 0 Å². The van der Waals surface area contributed by atoms with Crippen LogP contribution in [0, 0.1) is 0 Å². The molecule has 1 saturated heterocycles. The number of ketones is 1. The van der Waals surface area contributed by atoms with Gasteiger partial charge in [-0.25, -0.2) is 4.98 Å². The highest BCUT2D eigenvalue weighted by atomic mass is 79.9. The highest BCUT2D eigenvalue weighted by Gasteiger charge is 2.40. The third-order valence-electron chi connectivity index (χ3n) is 3.34. The maximum absolute atomic E-state index is 12.2. The van der Waals surface area contributed by atoms with Gasteiger partial charge in [-0.3, -0.25) is 14.5 Å². The Morgan fingerprint density at radius 1 is 1.24 bits per heavy atom. The molecule has 1 aromatic carbocycles. The lowest BCUT2D eigenvalue weighted by molar-refractivity contribution is -0.133. The summed E-state index contributed by atoms with van der Waals surface area (Å²) in [6.45, 7) is 0. The Morgan fingerprint density at radius 3 is 2.71 bits per heavy atom. The first-order valence-electron chi connectivity index (χ1n) is 6.29. The van der Waals surface area contributed by atoms with Gasteiger partial charge in [0.1, 0.15) is 5.82 Å². The average Bonchev–Trinajstić information content (AvgIpc) is 2.76. The summed E-state index contributed by atoms with van der Waals surface area (Å²) in [5.74, 6) is -0.508. The number of hydrogen-bond donors (Lipinski definition) is 0. The van der Waals surface area contributed by atoms with Gasteiger partial charge in [0, 0.05) is 17.1 Å². The molecule has 0 spiro atoms. The third-order valence-corrected chi connectivity index (χ3v) is 4.06. The molecule has 0 unspecified atom stereocenters. The molecule has 106 valence electrons. The second-order valence-electron chi connectivity index (χ2n) is 4.71. The quantitative estimate of drug-likeness (QED) is 0.765. The van der Waals surface area contributed by atoms with E-state index in [1.165, 1.54) is 11.1 Å². The second-order valence-corrected chi connectivity index (χ2v) is 6.06. The zero-order valence-electron chi connectivity index (χ0n) is 10.8. The number of nitrogens with zero attached hydrogens (tertiary/aromatic N) is 2. The summed E-state index contributed by atoms with van der Waals surface area (Å²) in [5, 5.41) is 0.482. The van der Waals surface area contributed by atoms with Gasteiger partial charge in [0.2, 0.25) is 5.78 Å². The van der Waals surface area contributed by atoms with E-state index in [0.717, 1.165) is 10.0 Å². The molecule has 2 heterocycles. The molecular formula is C15H10BrClN2O2. The van der Waals surface area contributed by atoms with Gasteiger partial charge in [0.25, 0.3) is 5.91 Å². The number of pyridine rings is 1. The van der Waals surface area contributed by atoms with E-state index >= 15 is 0 Å². The molecule has 4 nitrogen and oxygen atoms in total. The van der Waals surface area contributed by atoms with E-state index in [1.54, 1.807) is 12.1 Å². The van der Waals surface area contributed by atoms with Crippen molar-refractivity contribution in [1.82, 2.24) is 4.98 Å². The molecular weight excluding hydrogens is 356 g/mol. The largest absolute Gasteiger partial charge is 0.296 e. The zero-order valence-corrected chi connectivity index (χ0v) is 13.1. The van der Waals surface area contributed by atoms with Gasteiger partial charge in [0.15, 0.2) is 0 Å². The fraction of sp³-hybridized carbons (Fsp3) is 0.133. The fourth-order valence-corrected chi connectivity index (χ4v) is 2.91. The van der Waals surface area contributed by atoms with Crippen LogP contribution in [-0.4, -0.2) is 16.7 Å². The Labute approximate surface area is 134 Å². The van der Waals surface area contributed by atoms with E-state index < -0.39 is 11.7 Å². The van der Waals surface area contributed by atoms with Gasteiger partial charge in [0.05, 0.1) is 11.1 Å². The van der Waals surface area contributed by atoms with Crippen LogP contribution in [0.25, 0.3) is 0 Å². The predicted octanol–water partition coefficient (Wildman–Crippen LogP) is 3.54. The first-order valence-corrected chi connectivity index (χ1v) is 7.47. The fourth-order valence-electron chi connectivity index (χ4n) is 2.39. The monoisotopic (exact) mass is 364 g/mol. The van der Waals surface area contributed by atoms with Crippen molar-refractivity contribution in [3.63, 3.8) is 0 Å². The van der Waals surface area contributed by atoms with Crippen LogP contribution >= 0.6 is 27.5 Å². The minimum Gasteiger partial charge on any atom is -0.289 e. The summed E-state index contributed by atoms with van der Waals surface area (Å²) in [4.78, 5) is 29.6. The molecule has 1 fully saturated rings. The van der Waals surface area contributed by atoms with Gasteiger partial charge >= 0.3 is 0 Å². The van der Waals surface area contributed by atoms with Crippen LogP contribution in [0.3, 0.4) is 0 Å². The number of aromatic nitrogens is 1. The van der Waals surface area contributed by atoms with Crippen LogP contribution < -0.4 is 4.90 Å². The van der Waals surface area contributed by atoms with Gasteiger partial charge in [-0.05, 0) is 29.8 Å². The van der Waals surface area contributed by atoms with E-state index in [1.807, 2.05) is 24.3 Å². The summed E-state index contributed by atoms with van der Waals surface area (Å²) < 4.78 is 0.899. The lowest BCUT2D eigenvalue weighted by Gasteiger charge is -2.23. The van der Waals surface area contributed by atoms with Crippen molar-refractivity contribution < 1.29 is 9.59 Å². The first kappa shape index (κ1) is 14.2. The Balaban J connectivity index is 2.04. The number of carbonyl (C=O) groups excluding carboxylic acids is 2. The van der Waals surface area contributed by atoms with Crippen molar-refractivity contribution >= 4 is 45.0 Å². The highest BCUT2D eigenvalue weighted by molar-refractivity contribution is 9.10. The normalized spacial score (nSPS) is 18.4. The molecule has 3 rings (SSSR count). The van der Waals surface area contributed by atoms with Crippen LogP contribution in [0.5, 0.6) is 0 Å². The molecule has 1 aliphatic heterocycles. The molecule has 21 heavy (non-hydrogen) atoms. The van der Waals surface area contributed by atoms with Gasteiger partial charge < -0.3 is 0 Å². The SMILES string of the molecule is O=C1C[C@@H](c2cccc(Br)c2)N(c2ccc(Cl)cn2)C1=O. The van der Waals surface area contributed by atoms with E-state index in [9.17, 15) is 9.59 Å². The Kier molecular flexibility index (Phi) is 3.78. The number of hydrogen-bond acceptors (Lipinski definition) is 3. The van der Waals surface area contributed by atoms with E-state index in [0.29, 0.717) is 10.8 Å². The topological polar surface area (TPSA) is 50.3 Å². The molecule has 0 bridgehead atoms. The predicted molar refractivity (Wildman–Crippen MR) is 83.2 cm³/mol. The summed E-state index contributed by atoms with van der Waals surface area (Å²) in [5.41, 5.74) is 0.889. The molecule has 0 N–H and O–H groups in total. The van der Waals surface area contributed by atoms with Gasteiger partial charge in [-0.15, -0.1) is 0 Å². The maximum atomic E-state index is 12.2. The number of rotatable bonds is 2. The van der Waals surface area contributed by atoms with Gasteiger partial charge in [-0.1, -0.05) is 39.7 Å². The van der Waals surface area contributed by atoms with Crippen LogP contribution in [0.2, 0.25) is 5.02 Å². The maximum Gasteiger partial charge on any atom is 0.296 e. The number of Topliss-reactive ketones (excluding diaryl/α,β-unsaturated/α-hetero) is 1. The molecule has 1 aliphatic rings. The van der Waals surface area contributed by atoms with Crippen LogP contribution in [0.4, 0.5) is 5.82 Å². The molecule has 1 atom stereocenters. The van der Waals surface area contributed by atoms with Crippen molar-refractivity contribution in [2.45, 2.75) is 12.5 Å². The lowest BCUT2D eigenvalue weighted by Crippen LogP contribution is -2.30. The van der Waals surface area contributed by atoms with Crippen molar-refractivity contribution in [2.75, 3.05) is 4.90 Å². The molecule has 0 aliphatic carbocycles. The lowest BCUT2D eigenvalue weighted by atomic mass is 10.0. The van der Waals surface area contributed by atoms with E-state index in [4.69, 9.17) is 11.6 Å². The Bertz CT molecular complexity index is 718. The van der Waals surface area contributed by atoms with Crippen molar-refractivity contribution in [1.29, 1.82) is 0 Å². The smallest absolute Gasteiger partial charge is 0.289 e. The minimum atomic E-state index is -0.533. The Morgan fingerprint density at radius 2 is 2.05 bits per heavy atom. The molecule has 6 heteroatoms. The highest BCUT2D eigenvalue weighted by Crippen LogP contribution is 2.35. The number of halogens is 2. The first-order chi connectivity index (χ1) is 10.1. The summed E-state index contributed by atoms with van der Waals surface area (Å²) in [6, 6.07) is 10.5. The number of benzene rings is 1. The van der Waals surface area contributed by atoms with Crippen molar-refractivity contribution in [3.05, 3.63) is 57.7 Å². The Hall–Kier alpha value is -1.72. The van der Waals surface area contributed by atoms with Crippen LogP contribution in [-0.2, 0) is 9.59 Å². The van der Waals surface area contributed by atoms with Crippen LogP contribution in [0.15, 0.2) is 47.1 Å². The zero-order chi connectivity index (χ0) is 15.0. The number of amides is 1. The minimum absolute atomic E-state index is 0.152. The van der Waals surface area contributed by atoms with Crippen LogP contribution in [0.1, 0.15) is 18.0 Å². The van der Waals surface area contributed by atoms with Crippen molar-refractivity contribution in [3.8, 4) is 0 Å². The molecule has 1 aromatic heterocycles. The third kappa shape index (κ3) is 2.71. The van der Waals surface area contributed by atoms with Gasteiger partial charge in [-0.2, -0.15) is 0 Å². The molecule has 0 saturated carbocycles. The summed E-state index contributed by atoms with van der Waals surface area (Å²) in [6.07, 6.45) is 1.62. The molecule has 1 amide bonds. The molecule has 0 radical (unpaired) electrons. The molecule has 2 aromatic rings.